The molecule has 1 aromatic heterocycles. The summed E-state index contributed by atoms with van der Waals surface area (Å²) < 4.78 is 21.4. The minimum absolute atomic E-state index is 0.0778. The lowest BCUT2D eigenvalue weighted by Gasteiger charge is -2.08. The van der Waals surface area contributed by atoms with Crippen molar-refractivity contribution in [2.75, 3.05) is 13.9 Å². The lowest BCUT2D eigenvalue weighted by Crippen LogP contribution is -2.02. The Balaban J connectivity index is 1.96. The Kier molecular flexibility index (Phi) is 2.90. The molecule has 23 heavy (non-hydrogen) atoms. The number of hydrogen-bond acceptors (Lipinski definition) is 6. The van der Waals surface area contributed by atoms with Crippen molar-refractivity contribution in [3.05, 3.63) is 46.6 Å². The second kappa shape index (κ2) is 4.95. The predicted molar refractivity (Wildman–Crippen MR) is 82.3 cm³/mol. The molecule has 0 bridgehead atoms. The van der Waals surface area contributed by atoms with Gasteiger partial charge in [-0.25, -0.2) is 0 Å². The van der Waals surface area contributed by atoms with Crippen LogP contribution in [0.15, 0.2) is 45.6 Å². The first kappa shape index (κ1) is 13.5. The number of ether oxygens (including phenoxy) is 3. The Morgan fingerprint density at radius 2 is 1.91 bits per heavy atom. The fourth-order valence-electron chi connectivity index (χ4n) is 2.52. The zero-order valence-corrected chi connectivity index (χ0v) is 12.2. The Hall–Kier alpha value is -3.15. The van der Waals surface area contributed by atoms with Crippen LogP contribution in [0.4, 0.5) is 0 Å². The van der Waals surface area contributed by atoms with Gasteiger partial charge in [-0.1, -0.05) is 0 Å². The fraction of sp³-hybridized carbons (Fsp3) is 0.118. The molecule has 2 heterocycles. The largest absolute Gasteiger partial charge is 0.502 e. The normalized spacial score (nSPS) is 12.6. The molecule has 4 rings (SSSR count). The average Bonchev–Trinajstić information content (AvgIpc) is 3.05. The molecule has 116 valence electrons. The van der Waals surface area contributed by atoms with E-state index in [1.54, 1.807) is 36.4 Å². The Labute approximate surface area is 130 Å². The van der Waals surface area contributed by atoms with Crippen molar-refractivity contribution in [2.45, 2.75) is 0 Å². The van der Waals surface area contributed by atoms with Crippen LogP contribution >= 0.6 is 0 Å². The van der Waals surface area contributed by atoms with Crippen molar-refractivity contribution >= 4 is 11.0 Å². The highest BCUT2D eigenvalue weighted by Gasteiger charge is 2.19. The molecule has 0 aliphatic carbocycles. The molecule has 1 N–H and O–H groups in total. The van der Waals surface area contributed by atoms with Gasteiger partial charge < -0.3 is 23.7 Å². The maximum absolute atomic E-state index is 12.3. The molecular weight excluding hydrogens is 300 g/mol. The molecule has 0 amide bonds. The summed E-state index contributed by atoms with van der Waals surface area (Å²) in [5.74, 6) is 1.34. The molecule has 6 nitrogen and oxygen atoms in total. The van der Waals surface area contributed by atoms with Gasteiger partial charge >= 0.3 is 0 Å². The minimum atomic E-state index is -0.499. The number of aromatic hydroxyl groups is 1. The van der Waals surface area contributed by atoms with Gasteiger partial charge in [-0.05, 0) is 30.3 Å². The monoisotopic (exact) mass is 312 g/mol. The molecule has 1 aliphatic rings. The van der Waals surface area contributed by atoms with Crippen molar-refractivity contribution < 1.29 is 23.7 Å². The predicted octanol–water partition coefficient (Wildman–Crippen LogP) is 2.90. The molecule has 0 unspecified atom stereocenters. The lowest BCUT2D eigenvalue weighted by atomic mass is 10.1. The zero-order chi connectivity index (χ0) is 16.0. The summed E-state index contributed by atoms with van der Waals surface area (Å²) in [4.78, 5) is 12.3. The van der Waals surface area contributed by atoms with Crippen LogP contribution in [-0.4, -0.2) is 19.0 Å². The van der Waals surface area contributed by atoms with Crippen LogP contribution in [0.25, 0.3) is 22.3 Å². The van der Waals surface area contributed by atoms with Gasteiger partial charge in [-0.15, -0.1) is 0 Å². The summed E-state index contributed by atoms with van der Waals surface area (Å²) in [6, 6.07) is 9.85. The van der Waals surface area contributed by atoms with E-state index in [2.05, 4.69) is 0 Å². The Morgan fingerprint density at radius 3 is 2.74 bits per heavy atom. The molecule has 0 spiro atoms. The van der Waals surface area contributed by atoms with E-state index in [1.807, 2.05) is 0 Å². The third-order valence-corrected chi connectivity index (χ3v) is 3.71. The van der Waals surface area contributed by atoms with Crippen LogP contribution in [0.2, 0.25) is 0 Å². The second-order valence-electron chi connectivity index (χ2n) is 5.04. The molecule has 0 fully saturated rings. The zero-order valence-electron chi connectivity index (χ0n) is 12.2. The van der Waals surface area contributed by atoms with Crippen molar-refractivity contribution in [3.8, 4) is 34.3 Å². The fourth-order valence-corrected chi connectivity index (χ4v) is 2.52. The van der Waals surface area contributed by atoms with Crippen molar-refractivity contribution in [1.29, 1.82) is 0 Å². The van der Waals surface area contributed by atoms with E-state index < -0.39 is 11.2 Å². The highest BCUT2D eigenvalue weighted by Crippen LogP contribution is 2.38. The van der Waals surface area contributed by atoms with E-state index in [0.29, 0.717) is 28.4 Å². The van der Waals surface area contributed by atoms with E-state index >= 15 is 0 Å². The van der Waals surface area contributed by atoms with Gasteiger partial charge in [0.25, 0.3) is 0 Å². The van der Waals surface area contributed by atoms with Crippen LogP contribution in [0.5, 0.6) is 23.0 Å². The standard InChI is InChI=1S/C17H12O6/c1-20-10-3-4-11-13(7-10)23-17(16(19)15(11)18)9-2-5-12-14(6-9)22-8-21-12/h2-7,19H,8H2,1H3. The molecule has 1 aliphatic heterocycles. The van der Waals surface area contributed by atoms with E-state index in [1.165, 1.54) is 7.11 Å². The maximum Gasteiger partial charge on any atom is 0.235 e. The van der Waals surface area contributed by atoms with Gasteiger partial charge in [0, 0.05) is 11.6 Å². The van der Waals surface area contributed by atoms with Crippen LogP contribution in [-0.2, 0) is 0 Å². The number of hydrogen-bond donors (Lipinski definition) is 1. The second-order valence-corrected chi connectivity index (χ2v) is 5.04. The van der Waals surface area contributed by atoms with Crippen molar-refractivity contribution in [2.24, 2.45) is 0 Å². The van der Waals surface area contributed by atoms with Crippen molar-refractivity contribution in [1.82, 2.24) is 0 Å². The average molecular weight is 312 g/mol. The third-order valence-electron chi connectivity index (χ3n) is 3.71. The van der Waals surface area contributed by atoms with Crippen molar-refractivity contribution in [3.63, 3.8) is 0 Å². The summed E-state index contributed by atoms with van der Waals surface area (Å²) in [5, 5.41) is 10.5. The van der Waals surface area contributed by atoms with Gasteiger partial charge in [0.15, 0.2) is 17.3 Å². The first-order valence-corrected chi connectivity index (χ1v) is 6.91. The molecule has 3 aromatic rings. The van der Waals surface area contributed by atoms with E-state index in [-0.39, 0.29) is 17.9 Å². The molecule has 2 aromatic carbocycles. The van der Waals surface area contributed by atoms with Gasteiger partial charge in [0.1, 0.15) is 11.3 Å². The topological polar surface area (TPSA) is 78.1 Å². The summed E-state index contributed by atoms with van der Waals surface area (Å²) in [6.45, 7) is 0.142. The smallest absolute Gasteiger partial charge is 0.235 e. The van der Waals surface area contributed by atoms with Crippen LogP contribution in [0.1, 0.15) is 0 Å². The number of benzene rings is 2. The highest BCUT2D eigenvalue weighted by molar-refractivity contribution is 5.83. The number of methoxy groups -OCH3 is 1. The van der Waals surface area contributed by atoms with E-state index in [0.717, 1.165) is 0 Å². The summed E-state index contributed by atoms with van der Waals surface area (Å²) in [5.41, 5.74) is 0.356. The lowest BCUT2D eigenvalue weighted by molar-refractivity contribution is 0.174. The maximum atomic E-state index is 12.3. The summed E-state index contributed by atoms with van der Waals surface area (Å²) in [6.07, 6.45) is 0. The van der Waals surface area contributed by atoms with Gasteiger partial charge in [-0.2, -0.15) is 0 Å². The number of rotatable bonds is 2. The minimum Gasteiger partial charge on any atom is -0.502 e. The molecule has 0 radical (unpaired) electrons. The highest BCUT2D eigenvalue weighted by atomic mass is 16.7. The summed E-state index contributed by atoms with van der Waals surface area (Å²) in [7, 11) is 1.53. The third kappa shape index (κ3) is 2.07. The molecular formula is C17H12O6. The first-order chi connectivity index (χ1) is 11.2. The molecule has 0 saturated carbocycles. The summed E-state index contributed by atoms with van der Waals surface area (Å²) >= 11 is 0. The molecule has 0 saturated heterocycles. The van der Waals surface area contributed by atoms with Crippen LogP contribution in [0, 0.1) is 0 Å². The quantitative estimate of drug-likeness (QED) is 0.784. The number of fused-ring (bicyclic) bond motifs is 2. The van der Waals surface area contributed by atoms with Crippen LogP contribution in [0.3, 0.4) is 0 Å². The SMILES string of the molecule is COc1ccc2c(=O)c(O)c(-c3ccc4c(c3)OCO4)oc2c1. The molecule has 6 heteroatoms. The Morgan fingerprint density at radius 1 is 1.09 bits per heavy atom. The Bertz CT molecular complexity index is 973. The molecule has 0 atom stereocenters. The van der Waals surface area contributed by atoms with Gasteiger partial charge in [0.05, 0.1) is 12.5 Å². The van der Waals surface area contributed by atoms with Gasteiger partial charge in [-0.3, -0.25) is 4.79 Å². The van der Waals surface area contributed by atoms with E-state index in [4.69, 9.17) is 18.6 Å². The first-order valence-electron chi connectivity index (χ1n) is 6.91. The van der Waals surface area contributed by atoms with Gasteiger partial charge in [0.2, 0.25) is 18.0 Å². The van der Waals surface area contributed by atoms with E-state index in [9.17, 15) is 9.90 Å². The van der Waals surface area contributed by atoms with Crippen LogP contribution < -0.4 is 19.6 Å².